The van der Waals surface area contributed by atoms with E-state index in [1.54, 1.807) is 30.9 Å². The molecule has 1 aromatic carbocycles. The number of hydrogen-bond donors (Lipinski definition) is 2. The molecule has 0 aliphatic carbocycles. The van der Waals surface area contributed by atoms with Gasteiger partial charge in [0.15, 0.2) is 0 Å². The van der Waals surface area contributed by atoms with Crippen molar-refractivity contribution in [2.24, 2.45) is 0 Å². The van der Waals surface area contributed by atoms with Gasteiger partial charge in [-0.05, 0) is 50.3 Å². The fraction of sp³-hybridized carbons (Fsp3) is 0.450. The SMILES string of the molecule is Cc1[nH]c(C)c(S(=O)(=O)Nc2ccc(C(C)C)cc2)c1C(=O)N1CCCC1. The molecule has 7 heteroatoms. The second-order valence-electron chi connectivity index (χ2n) is 7.46. The Labute approximate surface area is 161 Å². The van der Waals surface area contributed by atoms with E-state index in [0.717, 1.165) is 18.4 Å². The van der Waals surface area contributed by atoms with Gasteiger partial charge in [-0.15, -0.1) is 0 Å². The summed E-state index contributed by atoms with van der Waals surface area (Å²) in [5.74, 6) is 0.153. The van der Waals surface area contributed by atoms with E-state index in [-0.39, 0.29) is 16.4 Å². The first kappa shape index (κ1) is 19.5. The van der Waals surface area contributed by atoms with Crippen LogP contribution in [0.25, 0.3) is 0 Å². The summed E-state index contributed by atoms with van der Waals surface area (Å²) < 4.78 is 28.8. The summed E-state index contributed by atoms with van der Waals surface area (Å²) in [6.45, 7) is 8.94. The van der Waals surface area contributed by atoms with Gasteiger partial charge >= 0.3 is 0 Å². The molecule has 6 nitrogen and oxygen atoms in total. The zero-order valence-electron chi connectivity index (χ0n) is 16.3. The Bertz CT molecular complexity index is 938. The van der Waals surface area contributed by atoms with Crippen LogP contribution < -0.4 is 4.72 Å². The summed E-state index contributed by atoms with van der Waals surface area (Å²) in [7, 11) is -3.89. The molecule has 1 amide bonds. The van der Waals surface area contributed by atoms with Gasteiger partial charge in [-0.2, -0.15) is 0 Å². The molecule has 2 aromatic rings. The number of aryl methyl sites for hydroxylation is 2. The standard InChI is InChI=1S/C20H27N3O3S/c1-13(2)16-7-9-17(10-8-16)22-27(25,26)19-15(4)21-14(3)18(19)20(24)23-11-5-6-12-23/h7-10,13,21-22H,5-6,11-12H2,1-4H3. The monoisotopic (exact) mass is 389 g/mol. The van der Waals surface area contributed by atoms with E-state index in [1.807, 2.05) is 12.1 Å². The molecule has 0 radical (unpaired) electrons. The molecule has 1 fully saturated rings. The lowest BCUT2D eigenvalue weighted by Gasteiger charge is -2.17. The molecule has 0 spiro atoms. The van der Waals surface area contributed by atoms with E-state index in [1.165, 1.54) is 0 Å². The Morgan fingerprint density at radius 3 is 2.22 bits per heavy atom. The average Bonchev–Trinajstić information content (AvgIpc) is 3.22. The predicted octanol–water partition coefficient (Wildman–Crippen LogP) is 3.79. The Morgan fingerprint density at radius 1 is 1.07 bits per heavy atom. The van der Waals surface area contributed by atoms with Crippen LogP contribution in [0.2, 0.25) is 0 Å². The van der Waals surface area contributed by atoms with Gasteiger partial charge < -0.3 is 9.88 Å². The van der Waals surface area contributed by atoms with E-state index in [4.69, 9.17) is 0 Å². The third-order valence-corrected chi connectivity index (χ3v) is 6.58. The number of aromatic amines is 1. The van der Waals surface area contributed by atoms with Crippen LogP contribution in [0.3, 0.4) is 0 Å². The van der Waals surface area contributed by atoms with Gasteiger partial charge in [-0.25, -0.2) is 8.42 Å². The number of carbonyl (C=O) groups excluding carboxylic acids is 1. The molecule has 1 aromatic heterocycles. The molecule has 27 heavy (non-hydrogen) atoms. The summed E-state index contributed by atoms with van der Waals surface area (Å²) in [5.41, 5.74) is 2.93. The second kappa shape index (κ2) is 7.38. The van der Waals surface area contributed by atoms with Gasteiger partial charge in [-0.3, -0.25) is 9.52 Å². The molecule has 0 atom stereocenters. The molecule has 3 rings (SSSR count). The molecule has 1 saturated heterocycles. The number of amides is 1. The van der Waals surface area contributed by atoms with E-state index in [0.29, 0.717) is 36.1 Å². The molecule has 0 bridgehead atoms. The van der Waals surface area contributed by atoms with Crippen molar-refractivity contribution in [1.29, 1.82) is 0 Å². The Balaban J connectivity index is 1.95. The summed E-state index contributed by atoms with van der Waals surface area (Å²) in [5, 5.41) is 0. The van der Waals surface area contributed by atoms with E-state index >= 15 is 0 Å². The van der Waals surface area contributed by atoms with Gasteiger partial charge in [0.05, 0.1) is 5.56 Å². The van der Waals surface area contributed by atoms with Crippen LogP contribution >= 0.6 is 0 Å². The van der Waals surface area contributed by atoms with Crippen molar-refractivity contribution in [3.63, 3.8) is 0 Å². The van der Waals surface area contributed by atoms with Crippen molar-refractivity contribution < 1.29 is 13.2 Å². The zero-order chi connectivity index (χ0) is 19.8. The molecule has 1 aliphatic heterocycles. The maximum absolute atomic E-state index is 13.1. The highest BCUT2D eigenvalue weighted by molar-refractivity contribution is 7.92. The highest BCUT2D eigenvalue weighted by Gasteiger charge is 2.32. The minimum Gasteiger partial charge on any atom is -0.361 e. The van der Waals surface area contributed by atoms with Gasteiger partial charge in [0.25, 0.3) is 15.9 Å². The summed E-state index contributed by atoms with van der Waals surface area (Å²) in [4.78, 5) is 17.7. The van der Waals surface area contributed by atoms with Crippen molar-refractivity contribution >= 4 is 21.6 Å². The second-order valence-corrected chi connectivity index (χ2v) is 9.08. The third kappa shape index (κ3) is 3.88. The largest absolute Gasteiger partial charge is 0.361 e. The van der Waals surface area contributed by atoms with Crippen LogP contribution in [0.15, 0.2) is 29.2 Å². The molecule has 146 valence electrons. The summed E-state index contributed by atoms with van der Waals surface area (Å²) in [6.07, 6.45) is 1.91. The Kier molecular flexibility index (Phi) is 5.33. The fourth-order valence-corrected chi connectivity index (χ4v) is 5.08. The molecule has 2 heterocycles. The number of nitrogens with one attached hydrogen (secondary N) is 2. The minimum absolute atomic E-state index is 0.0461. The first-order chi connectivity index (χ1) is 12.7. The molecule has 2 N–H and O–H groups in total. The average molecular weight is 390 g/mol. The van der Waals surface area contributed by atoms with Crippen LogP contribution in [-0.4, -0.2) is 37.3 Å². The number of aromatic nitrogens is 1. The van der Waals surface area contributed by atoms with Gasteiger partial charge in [0.1, 0.15) is 4.90 Å². The van der Waals surface area contributed by atoms with Crippen molar-refractivity contribution in [3.05, 3.63) is 46.8 Å². The summed E-state index contributed by atoms with van der Waals surface area (Å²) in [6, 6.07) is 7.33. The number of H-pyrrole nitrogens is 1. The first-order valence-corrected chi connectivity index (χ1v) is 10.8. The lowest BCUT2D eigenvalue weighted by molar-refractivity contribution is 0.0788. The van der Waals surface area contributed by atoms with E-state index in [9.17, 15) is 13.2 Å². The minimum atomic E-state index is -3.89. The van der Waals surface area contributed by atoms with Crippen molar-refractivity contribution in [3.8, 4) is 0 Å². The van der Waals surface area contributed by atoms with Gasteiger partial charge in [-0.1, -0.05) is 26.0 Å². The highest BCUT2D eigenvalue weighted by atomic mass is 32.2. The molecular formula is C20H27N3O3S. The number of hydrogen-bond acceptors (Lipinski definition) is 3. The smallest absolute Gasteiger partial charge is 0.264 e. The van der Waals surface area contributed by atoms with E-state index < -0.39 is 10.0 Å². The van der Waals surface area contributed by atoms with Crippen molar-refractivity contribution in [2.75, 3.05) is 17.8 Å². The number of sulfonamides is 1. The van der Waals surface area contributed by atoms with Crippen LogP contribution in [0.5, 0.6) is 0 Å². The Hall–Kier alpha value is -2.28. The number of rotatable bonds is 5. The maximum atomic E-state index is 13.1. The van der Waals surface area contributed by atoms with Crippen LogP contribution in [0.4, 0.5) is 5.69 Å². The highest BCUT2D eigenvalue weighted by Crippen LogP contribution is 2.28. The lowest BCUT2D eigenvalue weighted by atomic mass is 10.0. The van der Waals surface area contributed by atoms with Crippen LogP contribution in [0.1, 0.15) is 59.9 Å². The Morgan fingerprint density at radius 2 is 1.67 bits per heavy atom. The van der Waals surface area contributed by atoms with Crippen LogP contribution in [0, 0.1) is 13.8 Å². The third-order valence-electron chi connectivity index (χ3n) is 5.02. The quantitative estimate of drug-likeness (QED) is 0.816. The zero-order valence-corrected chi connectivity index (χ0v) is 17.1. The number of anilines is 1. The van der Waals surface area contributed by atoms with Crippen LogP contribution in [-0.2, 0) is 10.0 Å². The van der Waals surface area contributed by atoms with Gasteiger partial charge in [0.2, 0.25) is 0 Å². The van der Waals surface area contributed by atoms with Gasteiger partial charge in [0, 0.05) is 30.2 Å². The van der Waals surface area contributed by atoms with Crippen molar-refractivity contribution in [2.45, 2.75) is 51.3 Å². The number of carbonyl (C=O) groups is 1. The number of benzene rings is 1. The molecule has 0 unspecified atom stereocenters. The number of likely N-dealkylation sites (tertiary alicyclic amines) is 1. The predicted molar refractivity (Wildman–Crippen MR) is 107 cm³/mol. The topological polar surface area (TPSA) is 82.3 Å². The summed E-state index contributed by atoms with van der Waals surface area (Å²) >= 11 is 0. The first-order valence-electron chi connectivity index (χ1n) is 9.32. The molecule has 1 aliphatic rings. The fourth-order valence-electron chi connectivity index (χ4n) is 3.57. The molecule has 0 saturated carbocycles. The number of nitrogens with zero attached hydrogens (tertiary/aromatic N) is 1. The van der Waals surface area contributed by atoms with Crippen molar-refractivity contribution in [1.82, 2.24) is 9.88 Å². The normalized spacial score (nSPS) is 14.8. The lowest BCUT2D eigenvalue weighted by Crippen LogP contribution is -2.29. The van der Waals surface area contributed by atoms with E-state index in [2.05, 4.69) is 23.6 Å². The molecular weight excluding hydrogens is 362 g/mol. The maximum Gasteiger partial charge on any atom is 0.264 e.